The minimum atomic E-state index is 0.475. The van der Waals surface area contributed by atoms with Crippen LogP contribution in [0.2, 0.25) is 0 Å². The predicted molar refractivity (Wildman–Crippen MR) is 83.6 cm³/mol. The summed E-state index contributed by atoms with van der Waals surface area (Å²) in [5, 5.41) is 3.19. The van der Waals surface area contributed by atoms with Gasteiger partial charge in [-0.3, -0.25) is 0 Å². The fourth-order valence-electron chi connectivity index (χ4n) is 2.06. The van der Waals surface area contributed by atoms with Crippen LogP contribution in [0.1, 0.15) is 38.7 Å². The Hall–Kier alpha value is -2.03. The molecule has 0 radical (unpaired) electrons. The summed E-state index contributed by atoms with van der Waals surface area (Å²) in [6.45, 7) is 7.30. The first kappa shape index (κ1) is 14.4. The third kappa shape index (κ3) is 3.50. The maximum atomic E-state index is 5.97. The van der Waals surface area contributed by atoms with Crippen LogP contribution in [-0.4, -0.2) is 11.5 Å². The van der Waals surface area contributed by atoms with E-state index in [2.05, 4.69) is 36.3 Å². The molecule has 1 unspecified atom stereocenters. The van der Waals surface area contributed by atoms with E-state index in [0.717, 1.165) is 24.5 Å². The number of nitrogens with one attached hydrogen (secondary N) is 1. The van der Waals surface area contributed by atoms with Gasteiger partial charge in [-0.05, 0) is 37.0 Å². The van der Waals surface area contributed by atoms with Crippen LogP contribution in [0.25, 0.3) is 0 Å². The molecule has 0 amide bonds. The van der Waals surface area contributed by atoms with Gasteiger partial charge in [0.05, 0.1) is 0 Å². The van der Waals surface area contributed by atoms with Gasteiger partial charge in [-0.25, -0.2) is 0 Å². The zero-order chi connectivity index (χ0) is 14.4. The van der Waals surface area contributed by atoms with Gasteiger partial charge in [0.2, 0.25) is 5.88 Å². The summed E-state index contributed by atoms with van der Waals surface area (Å²) in [4.78, 5) is 4.45. The topological polar surface area (TPSA) is 34.1 Å². The number of para-hydroxylation sites is 1. The van der Waals surface area contributed by atoms with Crippen molar-refractivity contribution in [2.24, 2.45) is 0 Å². The second kappa shape index (κ2) is 6.94. The van der Waals surface area contributed by atoms with E-state index >= 15 is 0 Å². The highest BCUT2D eigenvalue weighted by molar-refractivity contribution is 5.41. The summed E-state index contributed by atoms with van der Waals surface area (Å²) in [7, 11) is 0. The molecule has 3 nitrogen and oxygen atoms in total. The van der Waals surface area contributed by atoms with Crippen LogP contribution in [-0.2, 0) is 0 Å². The summed E-state index contributed by atoms with van der Waals surface area (Å²) >= 11 is 0. The average molecular weight is 270 g/mol. The Morgan fingerprint density at radius 1 is 1.10 bits per heavy atom. The molecule has 0 saturated heterocycles. The van der Waals surface area contributed by atoms with Crippen molar-refractivity contribution >= 4 is 5.82 Å². The number of aromatic nitrogens is 1. The molecule has 1 atom stereocenters. The normalized spacial score (nSPS) is 11.9. The first-order valence-corrected chi connectivity index (χ1v) is 7.22. The number of hydrogen-bond donors (Lipinski definition) is 1. The molecule has 106 valence electrons. The molecule has 0 aliphatic heterocycles. The van der Waals surface area contributed by atoms with Gasteiger partial charge in [-0.1, -0.05) is 38.1 Å². The number of hydrogen-bond acceptors (Lipinski definition) is 3. The molecule has 1 aromatic carbocycles. The van der Waals surface area contributed by atoms with E-state index in [0.29, 0.717) is 11.8 Å². The number of nitrogens with zero attached hydrogens (tertiary/aromatic N) is 1. The van der Waals surface area contributed by atoms with E-state index in [1.165, 1.54) is 5.56 Å². The van der Waals surface area contributed by atoms with Gasteiger partial charge in [0.15, 0.2) is 0 Å². The molecule has 1 heterocycles. The van der Waals surface area contributed by atoms with Crippen LogP contribution in [0.5, 0.6) is 11.6 Å². The summed E-state index contributed by atoms with van der Waals surface area (Å²) in [6, 6.07) is 13.9. The van der Waals surface area contributed by atoms with Crippen molar-refractivity contribution in [1.82, 2.24) is 4.98 Å². The zero-order valence-corrected chi connectivity index (χ0v) is 12.4. The van der Waals surface area contributed by atoms with Gasteiger partial charge >= 0.3 is 0 Å². The average Bonchev–Trinajstić information content (AvgIpc) is 2.48. The van der Waals surface area contributed by atoms with Gasteiger partial charge in [0.25, 0.3) is 0 Å². The second-order valence-electron chi connectivity index (χ2n) is 4.84. The molecule has 3 heteroatoms. The molecule has 0 saturated carbocycles. The molecule has 0 aliphatic carbocycles. The fourth-order valence-corrected chi connectivity index (χ4v) is 2.06. The van der Waals surface area contributed by atoms with Crippen molar-refractivity contribution in [3.05, 3.63) is 48.0 Å². The highest BCUT2D eigenvalue weighted by atomic mass is 16.5. The lowest BCUT2D eigenvalue weighted by molar-refractivity contribution is 0.453. The van der Waals surface area contributed by atoms with Crippen LogP contribution in [0, 0.1) is 0 Å². The predicted octanol–water partition coefficient (Wildman–Crippen LogP) is 4.82. The van der Waals surface area contributed by atoms with Crippen LogP contribution in [0.4, 0.5) is 5.82 Å². The standard InChI is InChI=1S/C17H22N2O/c1-4-13(3)14-9-6-7-10-15(14)20-17-12-8-11-16(19-17)18-5-2/h6-13H,4-5H2,1-3H3,(H,18,19). The van der Waals surface area contributed by atoms with Crippen LogP contribution >= 0.6 is 0 Å². The Bertz CT molecular complexity index is 554. The summed E-state index contributed by atoms with van der Waals surface area (Å²) in [5.74, 6) is 2.83. The molecule has 1 N–H and O–H groups in total. The first-order valence-electron chi connectivity index (χ1n) is 7.22. The number of pyridine rings is 1. The molecule has 20 heavy (non-hydrogen) atoms. The molecule has 1 aromatic heterocycles. The van der Waals surface area contributed by atoms with E-state index in [4.69, 9.17) is 4.74 Å². The maximum absolute atomic E-state index is 5.97. The minimum Gasteiger partial charge on any atom is -0.439 e. The van der Waals surface area contributed by atoms with E-state index in [1.807, 2.05) is 37.3 Å². The number of ether oxygens (including phenoxy) is 1. The third-order valence-electron chi connectivity index (χ3n) is 3.36. The van der Waals surface area contributed by atoms with Gasteiger partial charge in [0.1, 0.15) is 11.6 Å². The number of anilines is 1. The quantitative estimate of drug-likeness (QED) is 0.817. The molecule has 0 aliphatic rings. The van der Waals surface area contributed by atoms with E-state index in [-0.39, 0.29) is 0 Å². The van der Waals surface area contributed by atoms with E-state index in [1.54, 1.807) is 0 Å². The molecular weight excluding hydrogens is 248 g/mol. The highest BCUT2D eigenvalue weighted by Crippen LogP contribution is 2.31. The summed E-state index contributed by atoms with van der Waals surface area (Å²) < 4.78 is 5.97. The smallest absolute Gasteiger partial charge is 0.221 e. The Balaban J connectivity index is 2.23. The lowest BCUT2D eigenvalue weighted by Gasteiger charge is -2.15. The molecular formula is C17H22N2O. The third-order valence-corrected chi connectivity index (χ3v) is 3.36. The van der Waals surface area contributed by atoms with Crippen molar-refractivity contribution in [1.29, 1.82) is 0 Å². The van der Waals surface area contributed by atoms with Crippen LogP contribution in [0.3, 0.4) is 0 Å². The summed E-state index contributed by atoms with van der Waals surface area (Å²) in [6.07, 6.45) is 1.09. The van der Waals surface area contributed by atoms with Crippen LogP contribution in [0.15, 0.2) is 42.5 Å². The van der Waals surface area contributed by atoms with Crippen molar-refractivity contribution in [2.45, 2.75) is 33.1 Å². The van der Waals surface area contributed by atoms with Crippen LogP contribution < -0.4 is 10.1 Å². The number of rotatable bonds is 6. The lowest BCUT2D eigenvalue weighted by atomic mass is 9.98. The zero-order valence-electron chi connectivity index (χ0n) is 12.4. The van der Waals surface area contributed by atoms with Gasteiger partial charge in [0, 0.05) is 12.6 Å². The van der Waals surface area contributed by atoms with Crippen molar-refractivity contribution in [3.8, 4) is 11.6 Å². The highest BCUT2D eigenvalue weighted by Gasteiger charge is 2.10. The molecule has 2 aromatic rings. The van der Waals surface area contributed by atoms with Crippen molar-refractivity contribution < 1.29 is 4.74 Å². The van der Waals surface area contributed by atoms with E-state index in [9.17, 15) is 0 Å². The molecule has 0 bridgehead atoms. The molecule has 0 fully saturated rings. The Morgan fingerprint density at radius 3 is 2.65 bits per heavy atom. The first-order chi connectivity index (χ1) is 9.74. The molecule has 0 spiro atoms. The lowest BCUT2D eigenvalue weighted by Crippen LogP contribution is -2.01. The van der Waals surface area contributed by atoms with Gasteiger partial charge in [-0.15, -0.1) is 0 Å². The summed E-state index contributed by atoms with van der Waals surface area (Å²) in [5.41, 5.74) is 1.23. The Morgan fingerprint density at radius 2 is 1.90 bits per heavy atom. The Kier molecular flexibility index (Phi) is 4.99. The van der Waals surface area contributed by atoms with Crippen molar-refractivity contribution in [3.63, 3.8) is 0 Å². The SMILES string of the molecule is CCNc1cccc(Oc2ccccc2C(C)CC)n1. The Labute approximate surface area is 121 Å². The van der Waals surface area contributed by atoms with Gasteiger partial charge in [-0.2, -0.15) is 4.98 Å². The minimum absolute atomic E-state index is 0.475. The maximum Gasteiger partial charge on any atom is 0.221 e. The van der Waals surface area contributed by atoms with E-state index < -0.39 is 0 Å². The molecule has 2 rings (SSSR count). The second-order valence-corrected chi connectivity index (χ2v) is 4.84. The number of benzene rings is 1. The monoisotopic (exact) mass is 270 g/mol. The fraction of sp³-hybridized carbons (Fsp3) is 0.353. The van der Waals surface area contributed by atoms with Gasteiger partial charge < -0.3 is 10.1 Å². The largest absolute Gasteiger partial charge is 0.439 e. The van der Waals surface area contributed by atoms with Crippen molar-refractivity contribution in [2.75, 3.05) is 11.9 Å².